The highest BCUT2D eigenvalue weighted by Crippen LogP contribution is 2.34. The zero-order valence-electron chi connectivity index (χ0n) is 35.7. The minimum atomic E-state index is 0.558. The lowest BCUT2D eigenvalue weighted by atomic mass is 9.97. The third-order valence-corrected chi connectivity index (χ3v) is 10.3. The molecule has 0 unspecified atom stereocenters. The molecule has 0 spiro atoms. The van der Waals surface area contributed by atoms with Crippen LogP contribution in [0.3, 0.4) is 0 Å². The van der Waals surface area contributed by atoms with Gasteiger partial charge in [0, 0.05) is 34.7 Å². The number of aromatic nitrogens is 4. The Labute approximate surface area is 375 Å². The lowest BCUT2D eigenvalue weighted by Crippen LogP contribution is -2.00. The van der Waals surface area contributed by atoms with Crippen LogP contribution in [-0.2, 0) is 0 Å². The van der Waals surface area contributed by atoms with E-state index in [9.17, 15) is 5.26 Å². The molecule has 0 saturated heterocycles. The van der Waals surface area contributed by atoms with Crippen molar-refractivity contribution in [2.75, 3.05) is 0 Å². The van der Waals surface area contributed by atoms with Gasteiger partial charge in [0.1, 0.15) is 0 Å². The predicted molar refractivity (Wildman–Crippen MR) is 263 cm³/mol. The number of nitrogens with zero attached hydrogens (tertiary/aromatic N) is 6. The molecule has 64 heavy (non-hydrogen) atoms. The fraction of sp³-hybridized carbons (Fsp3) is 0.0345. The van der Waals surface area contributed by atoms with E-state index in [1.807, 2.05) is 72.8 Å². The predicted octanol–water partition coefficient (Wildman–Crippen LogP) is 14.6. The van der Waals surface area contributed by atoms with Crippen LogP contribution in [0.1, 0.15) is 29.4 Å². The van der Waals surface area contributed by atoms with Gasteiger partial charge in [0.2, 0.25) is 0 Å². The monoisotopic (exact) mass is 824 g/mol. The zero-order chi connectivity index (χ0) is 44.7. The standard InChI is InChI=1S/C49H33N5.C7H8.C2H3N/c1-3-43-44(4-2)52-48(42-17-11-12-33(30-42)32-50)47(51-43)40-26-22-36(23-27-40)34-18-20-35(21-19-34)37-24-28-41(29-25-37)49-53-45(38-13-7-5-8-14-38)31-46(54-49)39-15-9-6-10-16-39;1-7-5-3-2-4-6-7;1-2-3/h3-31H,1-2H2;2-6H,1H3;1H3. The summed E-state index contributed by atoms with van der Waals surface area (Å²) < 4.78 is 0. The van der Waals surface area contributed by atoms with Gasteiger partial charge < -0.3 is 0 Å². The van der Waals surface area contributed by atoms with E-state index in [0.29, 0.717) is 34.2 Å². The number of hydrogen-bond acceptors (Lipinski definition) is 6. The van der Waals surface area contributed by atoms with Crippen LogP contribution in [0, 0.1) is 29.6 Å². The van der Waals surface area contributed by atoms with Gasteiger partial charge in [-0.3, -0.25) is 0 Å². The number of aryl methyl sites for hydroxylation is 1. The largest absolute Gasteiger partial charge is 0.244 e. The average Bonchev–Trinajstić information content (AvgIpc) is 3.37. The minimum absolute atomic E-state index is 0.558. The number of hydrogen-bond donors (Lipinski definition) is 0. The summed E-state index contributed by atoms with van der Waals surface area (Å²) >= 11 is 0. The summed E-state index contributed by atoms with van der Waals surface area (Å²) in [6, 6.07) is 69.5. The maximum absolute atomic E-state index is 9.52. The van der Waals surface area contributed by atoms with Crippen molar-refractivity contribution in [2.45, 2.75) is 13.8 Å². The fourth-order valence-corrected chi connectivity index (χ4v) is 7.01. The van der Waals surface area contributed by atoms with Crippen molar-refractivity contribution in [1.82, 2.24) is 19.9 Å². The van der Waals surface area contributed by atoms with Gasteiger partial charge in [0.25, 0.3) is 0 Å². The van der Waals surface area contributed by atoms with Crippen LogP contribution in [-0.4, -0.2) is 19.9 Å². The summed E-state index contributed by atoms with van der Waals surface area (Å²) in [6.07, 6.45) is 3.36. The maximum Gasteiger partial charge on any atom is 0.160 e. The van der Waals surface area contributed by atoms with Crippen LogP contribution < -0.4 is 0 Å². The third-order valence-electron chi connectivity index (χ3n) is 10.3. The summed E-state index contributed by atoms with van der Waals surface area (Å²) in [5, 5.41) is 16.8. The molecule has 0 amide bonds. The van der Waals surface area contributed by atoms with Crippen molar-refractivity contribution in [3.8, 4) is 90.8 Å². The molecular formula is C58H44N6. The average molecular weight is 825 g/mol. The SMILES string of the molecule is C=Cc1nc(-c2ccc(-c3ccc(-c4ccc(-c5nc(-c6ccccc6)cc(-c6ccccc6)n5)cc4)cc3)cc2)c(-c2cccc(C#N)c2)nc1C=C.CC#N.Cc1ccccc1. The normalized spacial score (nSPS) is 10.1. The Bertz CT molecular complexity index is 3020. The molecule has 0 bridgehead atoms. The first kappa shape index (κ1) is 43.3. The minimum Gasteiger partial charge on any atom is -0.244 e. The van der Waals surface area contributed by atoms with Crippen LogP contribution in [0.15, 0.2) is 207 Å². The maximum atomic E-state index is 9.52. The first-order valence-electron chi connectivity index (χ1n) is 20.7. The molecule has 0 aliphatic rings. The molecule has 6 nitrogen and oxygen atoms in total. The van der Waals surface area contributed by atoms with Crippen molar-refractivity contribution in [3.63, 3.8) is 0 Å². The van der Waals surface area contributed by atoms with Crippen LogP contribution in [0.4, 0.5) is 0 Å². The molecule has 0 aliphatic carbocycles. The van der Waals surface area contributed by atoms with Crippen molar-refractivity contribution in [3.05, 3.63) is 230 Å². The molecule has 9 aromatic rings. The quantitative estimate of drug-likeness (QED) is 0.144. The summed E-state index contributed by atoms with van der Waals surface area (Å²) in [7, 11) is 0. The molecular weight excluding hydrogens is 781 g/mol. The Kier molecular flexibility index (Phi) is 14.3. The summed E-state index contributed by atoms with van der Waals surface area (Å²) in [4.78, 5) is 19.8. The molecule has 7 aromatic carbocycles. The number of nitriles is 2. The highest BCUT2D eigenvalue weighted by molar-refractivity contribution is 5.82. The molecule has 0 atom stereocenters. The van der Waals surface area contributed by atoms with E-state index in [0.717, 1.165) is 61.5 Å². The van der Waals surface area contributed by atoms with E-state index >= 15 is 0 Å². The highest BCUT2D eigenvalue weighted by atomic mass is 14.9. The van der Waals surface area contributed by atoms with E-state index in [4.69, 9.17) is 25.2 Å². The molecule has 306 valence electrons. The Balaban J connectivity index is 0.000000547. The highest BCUT2D eigenvalue weighted by Gasteiger charge is 2.16. The first-order chi connectivity index (χ1) is 31.4. The van der Waals surface area contributed by atoms with Gasteiger partial charge in [-0.05, 0) is 59.5 Å². The van der Waals surface area contributed by atoms with Crippen molar-refractivity contribution >= 4 is 12.2 Å². The van der Waals surface area contributed by atoms with Gasteiger partial charge in [0.15, 0.2) is 5.82 Å². The summed E-state index contributed by atoms with van der Waals surface area (Å²) in [5.74, 6) is 0.687. The van der Waals surface area contributed by atoms with Crippen LogP contribution in [0.5, 0.6) is 0 Å². The van der Waals surface area contributed by atoms with Crippen LogP contribution >= 0.6 is 0 Å². The molecule has 0 saturated carbocycles. The number of benzene rings is 7. The van der Waals surface area contributed by atoms with Gasteiger partial charge >= 0.3 is 0 Å². The third kappa shape index (κ3) is 10.5. The van der Waals surface area contributed by atoms with Crippen LogP contribution in [0.2, 0.25) is 0 Å². The van der Waals surface area contributed by atoms with E-state index in [2.05, 4.69) is 141 Å². The van der Waals surface area contributed by atoms with Gasteiger partial charge in [0.05, 0.1) is 51.9 Å². The topological polar surface area (TPSA) is 99.1 Å². The Morgan fingerprint density at radius 3 is 1.17 bits per heavy atom. The Hall–Kier alpha value is -8.84. The molecule has 0 fully saturated rings. The van der Waals surface area contributed by atoms with E-state index in [1.54, 1.807) is 24.3 Å². The van der Waals surface area contributed by atoms with Gasteiger partial charge in [-0.15, -0.1) is 0 Å². The molecule has 6 heteroatoms. The molecule has 0 radical (unpaired) electrons. The zero-order valence-corrected chi connectivity index (χ0v) is 35.7. The van der Waals surface area contributed by atoms with Crippen molar-refractivity contribution < 1.29 is 0 Å². The smallest absolute Gasteiger partial charge is 0.160 e. The molecule has 9 rings (SSSR count). The van der Waals surface area contributed by atoms with E-state index in [-0.39, 0.29) is 0 Å². The molecule has 0 aliphatic heterocycles. The lowest BCUT2D eigenvalue weighted by molar-refractivity contribution is 1.17. The first-order valence-corrected chi connectivity index (χ1v) is 20.7. The van der Waals surface area contributed by atoms with Crippen molar-refractivity contribution in [1.29, 1.82) is 10.5 Å². The van der Waals surface area contributed by atoms with E-state index in [1.165, 1.54) is 12.5 Å². The van der Waals surface area contributed by atoms with Gasteiger partial charge in [-0.2, -0.15) is 10.5 Å². The van der Waals surface area contributed by atoms with E-state index < -0.39 is 0 Å². The van der Waals surface area contributed by atoms with Crippen LogP contribution in [0.25, 0.3) is 90.8 Å². The second kappa shape index (κ2) is 21.1. The van der Waals surface area contributed by atoms with Gasteiger partial charge in [-0.1, -0.05) is 195 Å². The molecule has 2 heterocycles. The molecule has 2 aromatic heterocycles. The summed E-state index contributed by atoms with van der Waals surface area (Å²) in [6.45, 7) is 11.4. The lowest BCUT2D eigenvalue weighted by Gasteiger charge is -2.13. The number of rotatable bonds is 9. The van der Waals surface area contributed by atoms with Crippen molar-refractivity contribution in [2.24, 2.45) is 0 Å². The van der Waals surface area contributed by atoms with Gasteiger partial charge in [-0.25, -0.2) is 19.9 Å². The Morgan fingerprint density at radius 2 is 0.781 bits per heavy atom. The summed E-state index contributed by atoms with van der Waals surface area (Å²) in [5.41, 5.74) is 15.5. The second-order valence-corrected chi connectivity index (χ2v) is 14.6. The second-order valence-electron chi connectivity index (χ2n) is 14.6. The molecule has 0 N–H and O–H groups in total. The Morgan fingerprint density at radius 1 is 0.406 bits per heavy atom. The fourth-order valence-electron chi connectivity index (χ4n) is 7.01.